The maximum absolute atomic E-state index is 12.0. The highest BCUT2D eigenvalue weighted by atomic mass is 32.2. The lowest BCUT2D eigenvalue weighted by atomic mass is 9.77. The number of sulfone groups is 1. The van der Waals surface area contributed by atoms with Crippen LogP contribution in [0.4, 0.5) is 0 Å². The summed E-state index contributed by atoms with van der Waals surface area (Å²) in [6, 6.07) is 0.181. The first-order chi connectivity index (χ1) is 8.48. The van der Waals surface area contributed by atoms with Crippen LogP contribution < -0.4 is 10.6 Å². The van der Waals surface area contributed by atoms with Crippen molar-refractivity contribution >= 4 is 15.7 Å². The molecule has 19 heavy (non-hydrogen) atoms. The van der Waals surface area contributed by atoms with Crippen molar-refractivity contribution in [1.82, 2.24) is 10.6 Å². The molecule has 1 heterocycles. The average molecular weight is 290 g/mol. The normalized spacial score (nSPS) is 23.9. The third-order valence-corrected chi connectivity index (χ3v) is 6.31. The molecule has 1 amide bonds. The molecule has 0 aromatic rings. The number of amides is 1. The zero-order valence-corrected chi connectivity index (χ0v) is 13.4. The highest BCUT2D eigenvalue weighted by Crippen LogP contribution is 2.29. The molecule has 0 aromatic carbocycles. The fourth-order valence-corrected chi connectivity index (χ4v) is 2.60. The molecule has 1 aliphatic heterocycles. The Balaban J connectivity index is 2.65. The lowest BCUT2D eigenvalue weighted by Gasteiger charge is -2.40. The van der Waals surface area contributed by atoms with Crippen LogP contribution in [-0.2, 0) is 14.6 Å². The zero-order chi connectivity index (χ0) is 14.9. The molecule has 1 unspecified atom stereocenters. The van der Waals surface area contributed by atoms with Gasteiger partial charge in [0.2, 0.25) is 5.91 Å². The highest BCUT2D eigenvalue weighted by molar-refractivity contribution is 7.92. The predicted octanol–water partition coefficient (Wildman–Crippen LogP) is 0.704. The monoisotopic (exact) mass is 290 g/mol. The van der Waals surface area contributed by atoms with Crippen molar-refractivity contribution in [3.8, 4) is 0 Å². The Hall–Kier alpha value is -0.620. The molecule has 0 aromatic heterocycles. The van der Waals surface area contributed by atoms with Crippen molar-refractivity contribution in [2.45, 2.75) is 51.3 Å². The Morgan fingerprint density at radius 3 is 2.47 bits per heavy atom. The maximum Gasteiger partial charge on any atom is 0.240 e. The van der Waals surface area contributed by atoms with E-state index in [1.807, 2.05) is 0 Å². The van der Waals surface area contributed by atoms with E-state index in [1.165, 1.54) is 13.8 Å². The summed E-state index contributed by atoms with van der Waals surface area (Å²) >= 11 is 0. The van der Waals surface area contributed by atoms with Crippen LogP contribution in [0.5, 0.6) is 0 Å². The van der Waals surface area contributed by atoms with E-state index in [-0.39, 0.29) is 11.5 Å². The molecule has 1 fully saturated rings. The van der Waals surface area contributed by atoms with Crippen LogP contribution in [0.2, 0.25) is 0 Å². The van der Waals surface area contributed by atoms with E-state index < -0.39 is 20.5 Å². The molecule has 2 N–H and O–H groups in total. The van der Waals surface area contributed by atoms with E-state index in [0.717, 1.165) is 25.6 Å². The summed E-state index contributed by atoms with van der Waals surface area (Å²) < 4.78 is 21.8. The van der Waals surface area contributed by atoms with Crippen molar-refractivity contribution in [2.75, 3.05) is 19.3 Å². The van der Waals surface area contributed by atoms with Gasteiger partial charge in [-0.25, -0.2) is 8.42 Å². The molecule has 5 nitrogen and oxygen atoms in total. The Kier molecular flexibility index (Phi) is 4.67. The summed E-state index contributed by atoms with van der Waals surface area (Å²) in [5, 5.41) is 6.16. The summed E-state index contributed by atoms with van der Waals surface area (Å²) in [4.78, 5) is 12.0. The maximum atomic E-state index is 12.0. The van der Waals surface area contributed by atoms with Crippen LogP contribution in [0.25, 0.3) is 0 Å². The lowest BCUT2D eigenvalue weighted by molar-refractivity contribution is -0.123. The fourth-order valence-electron chi connectivity index (χ4n) is 2.20. The van der Waals surface area contributed by atoms with Crippen molar-refractivity contribution < 1.29 is 13.2 Å². The van der Waals surface area contributed by atoms with Crippen LogP contribution in [0.3, 0.4) is 0 Å². The van der Waals surface area contributed by atoms with Gasteiger partial charge < -0.3 is 10.6 Å². The quantitative estimate of drug-likeness (QED) is 0.799. The van der Waals surface area contributed by atoms with Crippen molar-refractivity contribution in [2.24, 2.45) is 5.41 Å². The highest BCUT2D eigenvalue weighted by Gasteiger charge is 2.39. The van der Waals surface area contributed by atoms with Gasteiger partial charge in [-0.2, -0.15) is 0 Å². The van der Waals surface area contributed by atoms with Gasteiger partial charge in [0.05, 0.1) is 0 Å². The van der Waals surface area contributed by atoms with E-state index in [9.17, 15) is 13.2 Å². The molecule has 1 rings (SSSR count). The van der Waals surface area contributed by atoms with Gasteiger partial charge in [-0.05, 0) is 38.6 Å². The van der Waals surface area contributed by atoms with E-state index >= 15 is 0 Å². The molecule has 0 spiro atoms. The molecule has 0 radical (unpaired) electrons. The van der Waals surface area contributed by atoms with Crippen LogP contribution in [0.15, 0.2) is 0 Å². The molecule has 1 atom stereocenters. The molecule has 1 aliphatic rings. The van der Waals surface area contributed by atoms with Crippen molar-refractivity contribution in [1.29, 1.82) is 0 Å². The largest absolute Gasteiger partial charge is 0.353 e. The van der Waals surface area contributed by atoms with Gasteiger partial charge >= 0.3 is 0 Å². The third kappa shape index (κ3) is 3.69. The second-order valence-corrected chi connectivity index (χ2v) is 9.16. The van der Waals surface area contributed by atoms with Crippen LogP contribution in [-0.4, -0.2) is 44.5 Å². The predicted molar refractivity (Wildman–Crippen MR) is 76.7 cm³/mol. The molecule has 1 saturated heterocycles. The van der Waals surface area contributed by atoms with E-state index in [0.29, 0.717) is 6.54 Å². The van der Waals surface area contributed by atoms with Gasteiger partial charge in [0, 0.05) is 18.8 Å². The number of hydrogen-bond acceptors (Lipinski definition) is 4. The smallest absolute Gasteiger partial charge is 0.240 e. The Labute approximate surface area is 116 Å². The first-order valence-corrected chi connectivity index (χ1v) is 8.59. The minimum absolute atomic E-state index is 0.112. The van der Waals surface area contributed by atoms with E-state index in [1.54, 1.807) is 0 Å². The molecular formula is C13H26N2O3S. The Morgan fingerprint density at radius 1 is 1.42 bits per heavy atom. The topological polar surface area (TPSA) is 75.3 Å². The fraction of sp³-hybridized carbons (Fsp3) is 0.923. The Morgan fingerprint density at radius 2 is 2.00 bits per heavy atom. The molecule has 0 saturated carbocycles. The summed E-state index contributed by atoms with van der Waals surface area (Å²) in [7, 11) is -3.42. The van der Waals surface area contributed by atoms with Gasteiger partial charge in [-0.3, -0.25) is 4.79 Å². The van der Waals surface area contributed by atoms with Gasteiger partial charge in [0.25, 0.3) is 0 Å². The minimum atomic E-state index is -3.42. The lowest BCUT2D eigenvalue weighted by Crippen LogP contribution is -2.56. The van der Waals surface area contributed by atoms with Gasteiger partial charge in [0.1, 0.15) is 4.75 Å². The standard InChI is InChI=1S/C13H26N2O3S/c1-12(2)7-6-8-14-10(12)9-15-11(16)13(3,4)19(5,17)18/h10,14H,6-9H2,1-5H3,(H,15,16). The van der Waals surface area contributed by atoms with Crippen molar-refractivity contribution in [3.63, 3.8) is 0 Å². The van der Waals surface area contributed by atoms with Gasteiger partial charge in [-0.1, -0.05) is 13.8 Å². The van der Waals surface area contributed by atoms with Crippen molar-refractivity contribution in [3.05, 3.63) is 0 Å². The molecule has 112 valence electrons. The molecule has 6 heteroatoms. The first kappa shape index (κ1) is 16.4. The molecule has 0 aliphatic carbocycles. The summed E-state index contributed by atoms with van der Waals surface area (Å²) in [6.07, 6.45) is 3.33. The van der Waals surface area contributed by atoms with E-state index in [2.05, 4.69) is 24.5 Å². The van der Waals surface area contributed by atoms with Gasteiger partial charge in [0.15, 0.2) is 9.84 Å². The SMILES string of the molecule is CC1(C)CCCNC1CNC(=O)C(C)(C)S(C)(=O)=O. The Bertz CT molecular complexity index is 441. The first-order valence-electron chi connectivity index (χ1n) is 6.70. The summed E-state index contributed by atoms with van der Waals surface area (Å²) in [5.41, 5.74) is 0.112. The number of carbonyl (C=O) groups is 1. The third-order valence-electron chi connectivity index (χ3n) is 4.27. The van der Waals surface area contributed by atoms with E-state index in [4.69, 9.17) is 0 Å². The average Bonchev–Trinajstić information content (AvgIpc) is 2.25. The molecule has 0 bridgehead atoms. The summed E-state index contributed by atoms with van der Waals surface area (Å²) in [5.74, 6) is -0.432. The second-order valence-electron chi connectivity index (χ2n) is 6.59. The van der Waals surface area contributed by atoms with Crippen LogP contribution in [0.1, 0.15) is 40.5 Å². The van der Waals surface area contributed by atoms with Crippen LogP contribution in [0, 0.1) is 5.41 Å². The minimum Gasteiger partial charge on any atom is -0.353 e. The number of piperidine rings is 1. The van der Waals surface area contributed by atoms with Gasteiger partial charge in [-0.15, -0.1) is 0 Å². The second kappa shape index (κ2) is 5.40. The number of hydrogen-bond donors (Lipinski definition) is 2. The molecular weight excluding hydrogens is 264 g/mol. The van der Waals surface area contributed by atoms with Crippen LogP contribution >= 0.6 is 0 Å². The number of nitrogens with one attached hydrogen (secondary N) is 2. The summed E-state index contributed by atoms with van der Waals surface area (Å²) in [6.45, 7) is 8.62. The number of carbonyl (C=O) groups excluding carboxylic acids is 1. The number of rotatable bonds is 4. The zero-order valence-electron chi connectivity index (χ0n) is 12.5.